The molecular formula is C14H16N2OS. The van der Waals surface area contributed by atoms with E-state index in [1.54, 1.807) is 15.9 Å². The molecule has 94 valence electrons. The molecule has 0 spiro atoms. The Hall–Kier alpha value is -1.60. The lowest BCUT2D eigenvalue weighted by Crippen LogP contribution is -2.24. The Labute approximate surface area is 110 Å². The van der Waals surface area contributed by atoms with E-state index in [1.807, 2.05) is 6.07 Å². The van der Waals surface area contributed by atoms with E-state index in [0.29, 0.717) is 11.9 Å². The average Bonchev–Trinajstić information content (AvgIpc) is 2.78. The molecule has 0 amide bonds. The summed E-state index contributed by atoms with van der Waals surface area (Å²) in [5.74, 6) is 3.34. The van der Waals surface area contributed by atoms with Crippen molar-refractivity contribution in [3.63, 3.8) is 0 Å². The average molecular weight is 260 g/mol. The predicted octanol–water partition coefficient (Wildman–Crippen LogP) is 2.61. The van der Waals surface area contributed by atoms with E-state index in [2.05, 4.69) is 24.8 Å². The van der Waals surface area contributed by atoms with Gasteiger partial charge in [-0.05, 0) is 18.9 Å². The number of hydrogen-bond acceptors (Lipinski definition) is 3. The number of terminal acetylenes is 1. The van der Waals surface area contributed by atoms with Crippen LogP contribution in [-0.4, -0.2) is 9.55 Å². The smallest absolute Gasteiger partial charge is 0.263 e. The van der Waals surface area contributed by atoms with Crippen LogP contribution in [0.2, 0.25) is 0 Å². The Morgan fingerprint density at radius 1 is 1.50 bits per heavy atom. The van der Waals surface area contributed by atoms with E-state index in [0.717, 1.165) is 29.9 Å². The van der Waals surface area contributed by atoms with Gasteiger partial charge in [0.25, 0.3) is 5.56 Å². The molecule has 0 aromatic carbocycles. The number of hydrogen-bond donors (Lipinski definition) is 0. The normalized spacial score (nSPS) is 10.7. The third kappa shape index (κ3) is 2.19. The summed E-state index contributed by atoms with van der Waals surface area (Å²) in [4.78, 5) is 19.0. The molecule has 2 heterocycles. The van der Waals surface area contributed by atoms with Gasteiger partial charge < -0.3 is 0 Å². The number of aryl methyl sites for hydroxylation is 2. The monoisotopic (exact) mass is 260 g/mol. The summed E-state index contributed by atoms with van der Waals surface area (Å²) < 4.78 is 1.62. The summed E-state index contributed by atoms with van der Waals surface area (Å²) in [7, 11) is 0. The molecule has 0 N–H and O–H groups in total. The van der Waals surface area contributed by atoms with Crippen LogP contribution < -0.4 is 5.56 Å². The second kappa shape index (κ2) is 5.36. The van der Waals surface area contributed by atoms with E-state index in [1.165, 1.54) is 4.88 Å². The van der Waals surface area contributed by atoms with Gasteiger partial charge in [0.2, 0.25) is 0 Å². The fourth-order valence-corrected chi connectivity index (χ4v) is 2.93. The van der Waals surface area contributed by atoms with Gasteiger partial charge in [-0.1, -0.05) is 19.8 Å². The minimum Gasteiger partial charge on any atom is -0.284 e. The van der Waals surface area contributed by atoms with Gasteiger partial charge in [-0.25, -0.2) is 4.98 Å². The number of thiophene rings is 1. The molecule has 0 aliphatic carbocycles. The first-order chi connectivity index (χ1) is 8.71. The molecule has 0 fully saturated rings. The summed E-state index contributed by atoms with van der Waals surface area (Å²) in [6, 6.07) is 1.94. The van der Waals surface area contributed by atoms with Gasteiger partial charge in [0.05, 0.1) is 11.9 Å². The zero-order chi connectivity index (χ0) is 13.1. The lowest BCUT2D eigenvalue weighted by molar-refractivity contribution is 0.686. The molecule has 2 aromatic heterocycles. The quantitative estimate of drug-likeness (QED) is 0.792. The van der Waals surface area contributed by atoms with Crippen molar-refractivity contribution in [2.24, 2.45) is 0 Å². The van der Waals surface area contributed by atoms with E-state index in [4.69, 9.17) is 6.42 Å². The van der Waals surface area contributed by atoms with Crippen LogP contribution in [0.5, 0.6) is 0 Å². The van der Waals surface area contributed by atoms with E-state index in [9.17, 15) is 4.79 Å². The number of aromatic nitrogens is 2. The van der Waals surface area contributed by atoms with Crippen LogP contribution in [0.15, 0.2) is 10.9 Å². The van der Waals surface area contributed by atoms with E-state index < -0.39 is 0 Å². The summed E-state index contributed by atoms with van der Waals surface area (Å²) >= 11 is 1.60. The van der Waals surface area contributed by atoms with Gasteiger partial charge in [0, 0.05) is 11.3 Å². The first-order valence-corrected chi connectivity index (χ1v) is 6.98. The zero-order valence-corrected chi connectivity index (χ0v) is 11.5. The van der Waals surface area contributed by atoms with Crippen LogP contribution in [0.25, 0.3) is 10.2 Å². The van der Waals surface area contributed by atoms with Crippen molar-refractivity contribution in [2.75, 3.05) is 0 Å². The SMILES string of the molecule is C#CCn1c(CCC)nc2sc(CC)cc2c1=O. The van der Waals surface area contributed by atoms with Crippen molar-refractivity contribution >= 4 is 21.6 Å². The summed E-state index contributed by atoms with van der Waals surface area (Å²) in [5.41, 5.74) is -0.00245. The lowest BCUT2D eigenvalue weighted by Gasteiger charge is -2.08. The van der Waals surface area contributed by atoms with Crippen molar-refractivity contribution in [1.82, 2.24) is 9.55 Å². The van der Waals surface area contributed by atoms with Crippen molar-refractivity contribution < 1.29 is 0 Å². The van der Waals surface area contributed by atoms with Gasteiger partial charge in [-0.15, -0.1) is 17.8 Å². The van der Waals surface area contributed by atoms with Gasteiger partial charge >= 0.3 is 0 Å². The first kappa shape index (κ1) is 12.8. The molecule has 4 heteroatoms. The van der Waals surface area contributed by atoms with Gasteiger partial charge in [0.1, 0.15) is 10.7 Å². The van der Waals surface area contributed by atoms with Gasteiger partial charge in [-0.2, -0.15) is 0 Å². The molecule has 0 unspecified atom stereocenters. The van der Waals surface area contributed by atoms with Crippen molar-refractivity contribution in [1.29, 1.82) is 0 Å². The summed E-state index contributed by atoms with van der Waals surface area (Å²) in [5, 5.41) is 0.701. The van der Waals surface area contributed by atoms with Crippen LogP contribution >= 0.6 is 11.3 Å². The molecule has 0 atom stereocenters. The molecule has 0 aliphatic heterocycles. The second-order valence-corrected chi connectivity index (χ2v) is 5.27. The molecule has 2 rings (SSSR count). The van der Waals surface area contributed by atoms with Crippen LogP contribution in [0.1, 0.15) is 31.0 Å². The van der Waals surface area contributed by atoms with Crippen molar-refractivity contribution in [2.45, 2.75) is 39.7 Å². The Morgan fingerprint density at radius 2 is 2.28 bits per heavy atom. The molecule has 0 saturated carbocycles. The number of fused-ring (bicyclic) bond motifs is 1. The Bertz CT molecular complexity index is 661. The lowest BCUT2D eigenvalue weighted by atomic mass is 10.3. The maximum Gasteiger partial charge on any atom is 0.263 e. The summed E-state index contributed by atoms with van der Waals surface area (Å²) in [6.45, 7) is 4.45. The second-order valence-electron chi connectivity index (χ2n) is 4.16. The topological polar surface area (TPSA) is 34.9 Å². The maximum atomic E-state index is 12.4. The standard InChI is InChI=1S/C14H16N2OS/c1-4-7-12-15-13-11(9-10(6-3)18-13)14(17)16(12)8-5-2/h2,9H,4,6-8H2,1,3H3. The van der Waals surface area contributed by atoms with Crippen LogP contribution in [-0.2, 0) is 19.4 Å². The minimum atomic E-state index is -0.00245. The van der Waals surface area contributed by atoms with Crippen LogP contribution in [0.3, 0.4) is 0 Å². The third-order valence-corrected chi connectivity index (χ3v) is 4.03. The first-order valence-electron chi connectivity index (χ1n) is 6.16. The highest BCUT2D eigenvalue weighted by Gasteiger charge is 2.12. The van der Waals surface area contributed by atoms with E-state index >= 15 is 0 Å². The maximum absolute atomic E-state index is 12.4. The number of rotatable bonds is 4. The molecule has 3 nitrogen and oxygen atoms in total. The van der Waals surface area contributed by atoms with Crippen molar-refractivity contribution in [3.8, 4) is 12.3 Å². The molecule has 18 heavy (non-hydrogen) atoms. The molecule has 0 saturated heterocycles. The zero-order valence-electron chi connectivity index (χ0n) is 10.7. The minimum absolute atomic E-state index is 0.00245. The fraction of sp³-hybridized carbons (Fsp3) is 0.429. The Balaban J connectivity index is 2.71. The molecule has 2 aromatic rings. The number of nitrogens with zero attached hydrogens (tertiary/aromatic N) is 2. The molecule has 0 aliphatic rings. The van der Waals surface area contributed by atoms with Gasteiger partial charge in [0.15, 0.2) is 0 Å². The molecule has 0 bridgehead atoms. The Morgan fingerprint density at radius 3 is 2.89 bits per heavy atom. The fourth-order valence-electron chi connectivity index (χ4n) is 1.95. The van der Waals surface area contributed by atoms with E-state index in [-0.39, 0.29) is 5.56 Å². The van der Waals surface area contributed by atoms with Gasteiger partial charge in [-0.3, -0.25) is 9.36 Å². The Kier molecular flexibility index (Phi) is 3.83. The van der Waals surface area contributed by atoms with Crippen LogP contribution in [0, 0.1) is 12.3 Å². The highest BCUT2D eigenvalue weighted by atomic mass is 32.1. The predicted molar refractivity (Wildman–Crippen MR) is 76.1 cm³/mol. The van der Waals surface area contributed by atoms with Crippen LogP contribution in [0.4, 0.5) is 0 Å². The molecule has 0 radical (unpaired) electrons. The highest BCUT2D eigenvalue weighted by molar-refractivity contribution is 7.18. The molecular weight excluding hydrogens is 244 g/mol. The highest BCUT2D eigenvalue weighted by Crippen LogP contribution is 2.22. The largest absolute Gasteiger partial charge is 0.284 e. The third-order valence-electron chi connectivity index (χ3n) is 2.85. The van der Waals surface area contributed by atoms with Crippen molar-refractivity contribution in [3.05, 3.63) is 27.1 Å². The summed E-state index contributed by atoms with van der Waals surface area (Å²) in [6.07, 6.45) is 8.00.